The molecule has 1 nitrogen and oxygen atoms in total. The second kappa shape index (κ2) is 7.42. The summed E-state index contributed by atoms with van der Waals surface area (Å²) >= 11 is 6.21. The Balaban J connectivity index is 2.09. The Morgan fingerprint density at radius 1 is 1.30 bits per heavy atom. The van der Waals surface area contributed by atoms with E-state index in [2.05, 4.69) is 6.92 Å². The van der Waals surface area contributed by atoms with Crippen molar-refractivity contribution in [2.45, 2.75) is 45.4 Å². The second-order valence-corrected chi connectivity index (χ2v) is 6.57. The summed E-state index contributed by atoms with van der Waals surface area (Å²) in [7, 11) is 0. The van der Waals surface area contributed by atoms with Crippen LogP contribution in [0.15, 0.2) is 18.2 Å². The molecule has 1 fully saturated rings. The second-order valence-electron chi connectivity index (χ2n) is 6.16. The van der Waals surface area contributed by atoms with E-state index < -0.39 is 0 Å². The third-order valence-electron chi connectivity index (χ3n) is 4.74. The van der Waals surface area contributed by atoms with Crippen LogP contribution in [0.2, 0.25) is 5.02 Å². The summed E-state index contributed by atoms with van der Waals surface area (Å²) < 4.78 is 13.4. The van der Waals surface area contributed by atoms with Gasteiger partial charge in [-0.3, -0.25) is 0 Å². The molecule has 2 rings (SSSR count). The van der Waals surface area contributed by atoms with Crippen molar-refractivity contribution in [3.8, 4) is 0 Å². The Kier molecular flexibility index (Phi) is 5.86. The maximum Gasteiger partial charge on any atom is 0.123 e. The highest BCUT2D eigenvalue weighted by molar-refractivity contribution is 6.31. The first-order valence-electron chi connectivity index (χ1n) is 7.78. The van der Waals surface area contributed by atoms with Gasteiger partial charge in [0.15, 0.2) is 0 Å². The van der Waals surface area contributed by atoms with Gasteiger partial charge in [-0.05, 0) is 67.3 Å². The van der Waals surface area contributed by atoms with E-state index >= 15 is 0 Å². The molecule has 0 bridgehead atoms. The first-order valence-corrected chi connectivity index (χ1v) is 8.15. The zero-order chi connectivity index (χ0) is 14.5. The minimum Gasteiger partial charge on any atom is -0.330 e. The van der Waals surface area contributed by atoms with Crippen molar-refractivity contribution in [3.05, 3.63) is 34.6 Å². The number of benzene rings is 1. The molecule has 112 valence electrons. The predicted octanol–water partition coefficient (Wildman–Crippen LogP) is 4.81. The maximum atomic E-state index is 13.4. The fraction of sp³-hybridized carbons (Fsp3) is 0.647. The van der Waals surface area contributed by atoms with Crippen LogP contribution in [0, 0.1) is 23.6 Å². The summed E-state index contributed by atoms with van der Waals surface area (Å²) in [5.41, 5.74) is 6.86. The van der Waals surface area contributed by atoms with Crippen molar-refractivity contribution < 1.29 is 4.39 Å². The summed E-state index contributed by atoms with van der Waals surface area (Å²) in [6, 6.07) is 4.67. The summed E-state index contributed by atoms with van der Waals surface area (Å²) in [5, 5.41) is 0.680. The topological polar surface area (TPSA) is 26.0 Å². The summed E-state index contributed by atoms with van der Waals surface area (Å²) in [6.45, 7) is 2.98. The Labute approximate surface area is 126 Å². The van der Waals surface area contributed by atoms with E-state index in [1.54, 1.807) is 12.1 Å². The molecule has 1 saturated carbocycles. The Morgan fingerprint density at radius 2 is 2.10 bits per heavy atom. The molecule has 0 radical (unpaired) electrons. The highest BCUT2D eigenvalue weighted by Gasteiger charge is 2.29. The van der Waals surface area contributed by atoms with Crippen molar-refractivity contribution in [3.63, 3.8) is 0 Å². The molecule has 0 amide bonds. The van der Waals surface area contributed by atoms with Crippen molar-refractivity contribution in [1.29, 1.82) is 0 Å². The quantitative estimate of drug-likeness (QED) is 0.829. The van der Waals surface area contributed by atoms with Crippen LogP contribution in [0.3, 0.4) is 0 Å². The fourth-order valence-corrected chi connectivity index (χ4v) is 3.83. The molecular weight excluding hydrogens is 273 g/mol. The van der Waals surface area contributed by atoms with Crippen LogP contribution in [0.1, 0.15) is 44.6 Å². The molecule has 0 aliphatic heterocycles. The van der Waals surface area contributed by atoms with Gasteiger partial charge >= 0.3 is 0 Å². The smallest absolute Gasteiger partial charge is 0.123 e. The van der Waals surface area contributed by atoms with Gasteiger partial charge in [0, 0.05) is 5.02 Å². The molecule has 1 aromatic carbocycles. The molecule has 1 aromatic rings. The highest BCUT2D eigenvalue weighted by atomic mass is 35.5. The normalized spacial score (nSPS) is 26.7. The molecule has 3 unspecified atom stereocenters. The van der Waals surface area contributed by atoms with Crippen LogP contribution in [0.5, 0.6) is 0 Å². The van der Waals surface area contributed by atoms with E-state index in [0.29, 0.717) is 16.9 Å². The lowest BCUT2D eigenvalue weighted by molar-refractivity contribution is 0.175. The Hall–Kier alpha value is -0.600. The van der Waals surface area contributed by atoms with Crippen LogP contribution in [-0.2, 0) is 6.42 Å². The first kappa shape index (κ1) is 15.8. The van der Waals surface area contributed by atoms with E-state index in [9.17, 15) is 4.39 Å². The van der Waals surface area contributed by atoms with Gasteiger partial charge in [-0.1, -0.05) is 37.8 Å². The van der Waals surface area contributed by atoms with Gasteiger partial charge in [0.2, 0.25) is 0 Å². The molecule has 3 atom stereocenters. The number of hydrogen-bond acceptors (Lipinski definition) is 1. The molecule has 20 heavy (non-hydrogen) atoms. The first-order chi connectivity index (χ1) is 9.63. The summed E-state index contributed by atoms with van der Waals surface area (Å²) in [4.78, 5) is 0. The van der Waals surface area contributed by atoms with Gasteiger partial charge in [-0.15, -0.1) is 0 Å². The van der Waals surface area contributed by atoms with Crippen molar-refractivity contribution in [2.75, 3.05) is 6.54 Å². The predicted molar refractivity (Wildman–Crippen MR) is 83.4 cm³/mol. The Bertz CT molecular complexity index is 435. The SMILES string of the molecule is CCCC1CCC(CN)C(Cc2cc(F)ccc2Cl)C1. The molecule has 0 spiro atoms. The van der Waals surface area contributed by atoms with Crippen molar-refractivity contribution in [2.24, 2.45) is 23.5 Å². The van der Waals surface area contributed by atoms with Crippen LogP contribution >= 0.6 is 11.6 Å². The highest BCUT2D eigenvalue weighted by Crippen LogP contribution is 2.38. The van der Waals surface area contributed by atoms with Gasteiger partial charge < -0.3 is 5.73 Å². The lowest BCUT2D eigenvalue weighted by atomic mass is 9.70. The zero-order valence-electron chi connectivity index (χ0n) is 12.2. The standard InChI is InChI=1S/C17H25ClFN/c1-2-3-12-4-5-13(11-20)14(8-12)9-15-10-16(19)6-7-17(15)18/h6-7,10,12-14H,2-5,8-9,11,20H2,1H3. The van der Waals surface area contributed by atoms with Gasteiger partial charge in [-0.25, -0.2) is 4.39 Å². The maximum absolute atomic E-state index is 13.4. The summed E-state index contributed by atoms with van der Waals surface area (Å²) in [5.74, 6) is 1.71. The molecule has 0 aromatic heterocycles. The fourth-order valence-electron chi connectivity index (χ4n) is 3.64. The van der Waals surface area contributed by atoms with Gasteiger partial charge in [0.05, 0.1) is 0 Å². The number of hydrogen-bond donors (Lipinski definition) is 1. The van der Waals surface area contributed by atoms with Crippen LogP contribution in [0.25, 0.3) is 0 Å². The number of nitrogens with two attached hydrogens (primary N) is 1. The van der Waals surface area contributed by atoms with Crippen molar-refractivity contribution >= 4 is 11.6 Å². The molecule has 0 heterocycles. The van der Waals surface area contributed by atoms with Gasteiger partial charge in [-0.2, -0.15) is 0 Å². The minimum absolute atomic E-state index is 0.199. The average molecular weight is 298 g/mol. The largest absolute Gasteiger partial charge is 0.330 e. The molecule has 1 aliphatic carbocycles. The summed E-state index contributed by atoms with van der Waals surface area (Å²) in [6.07, 6.45) is 7.11. The van der Waals surface area contributed by atoms with Crippen LogP contribution in [-0.4, -0.2) is 6.54 Å². The van der Waals surface area contributed by atoms with Crippen molar-refractivity contribution in [1.82, 2.24) is 0 Å². The van der Waals surface area contributed by atoms with Crippen LogP contribution < -0.4 is 5.73 Å². The van der Waals surface area contributed by atoms with E-state index in [-0.39, 0.29) is 5.82 Å². The average Bonchev–Trinajstić information content (AvgIpc) is 2.44. The van der Waals surface area contributed by atoms with Crippen LogP contribution in [0.4, 0.5) is 4.39 Å². The molecule has 1 aliphatic rings. The molecule has 0 saturated heterocycles. The van der Waals surface area contributed by atoms with Gasteiger partial charge in [0.1, 0.15) is 5.82 Å². The van der Waals surface area contributed by atoms with E-state index in [0.717, 1.165) is 24.4 Å². The lowest BCUT2D eigenvalue weighted by Crippen LogP contribution is -2.31. The third kappa shape index (κ3) is 3.95. The molecule has 2 N–H and O–H groups in total. The lowest BCUT2D eigenvalue weighted by Gasteiger charge is -2.36. The monoisotopic (exact) mass is 297 g/mol. The van der Waals surface area contributed by atoms with E-state index in [4.69, 9.17) is 17.3 Å². The van der Waals surface area contributed by atoms with Gasteiger partial charge in [0.25, 0.3) is 0 Å². The molecule has 3 heteroatoms. The Morgan fingerprint density at radius 3 is 2.80 bits per heavy atom. The minimum atomic E-state index is -0.199. The number of halogens is 2. The zero-order valence-corrected chi connectivity index (χ0v) is 13.0. The van der Waals surface area contributed by atoms with E-state index in [1.807, 2.05) is 0 Å². The number of rotatable bonds is 5. The van der Waals surface area contributed by atoms with E-state index in [1.165, 1.54) is 38.2 Å². The molecular formula is C17H25ClFN. The third-order valence-corrected chi connectivity index (χ3v) is 5.11.